The molecule has 0 bridgehead atoms. The SMILES string of the molecule is CCCCCCCCCCCCCC[C@@H](O)[C@@H](O)[C@H](COC(c1ccccc1)(c1ccccc1)c1ccccc1)NC(=O)OC(C)(C)C. The van der Waals surface area contributed by atoms with E-state index in [0.29, 0.717) is 6.42 Å². The van der Waals surface area contributed by atoms with Crippen LogP contribution in [0.25, 0.3) is 0 Å². The molecule has 1 amide bonds. The van der Waals surface area contributed by atoms with E-state index in [-0.39, 0.29) is 6.61 Å². The predicted octanol–water partition coefficient (Wildman–Crippen LogP) is 9.70. The zero-order chi connectivity index (χ0) is 34.7. The lowest BCUT2D eigenvalue weighted by Gasteiger charge is -2.38. The van der Waals surface area contributed by atoms with Gasteiger partial charge in [-0.25, -0.2) is 4.79 Å². The number of benzene rings is 3. The molecule has 0 aliphatic carbocycles. The largest absolute Gasteiger partial charge is 0.444 e. The Morgan fingerprint density at radius 2 is 1.04 bits per heavy atom. The number of nitrogens with one attached hydrogen (secondary N) is 1. The molecule has 0 saturated heterocycles. The second-order valence-electron chi connectivity index (χ2n) is 14.1. The summed E-state index contributed by atoms with van der Waals surface area (Å²) in [6.07, 6.45) is 12.2. The first-order valence-corrected chi connectivity index (χ1v) is 18.3. The summed E-state index contributed by atoms with van der Waals surface area (Å²) in [5.41, 5.74) is 0.952. The van der Waals surface area contributed by atoms with Gasteiger partial charge in [-0.1, -0.05) is 175 Å². The van der Waals surface area contributed by atoms with E-state index in [1.807, 2.05) is 91.0 Å². The van der Waals surface area contributed by atoms with Crippen LogP contribution in [0.4, 0.5) is 4.79 Å². The number of hydrogen-bond acceptors (Lipinski definition) is 5. The Labute approximate surface area is 290 Å². The molecule has 0 saturated carbocycles. The van der Waals surface area contributed by atoms with Crippen molar-refractivity contribution < 1.29 is 24.5 Å². The molecular formula is C42H61NO5. The summed E-state index contributed by atoms with van der Waals surface area (Å²) < 4.78 is 12.5. The van der Waals surface area contributed by atoms with Crippen LogP contribution in [0.3, 0.4) is 0 Å². The minimum Gasteiger partial charge on any atom is -0.444 e. The number of carbonyl (C=O) groups excluding carboxylic acids is 1. The third-order valence-electron chi connectivity index (χ3n) is 8.88. The molecule has 0 aliphatic rings. The lowest BCUT2D eigenvalue weighted by atomic mass is 9.80. The van der Waals surface area contributed by atoms with Gasteiger partial charge in [-0.3, -0.25) is 0 Å². The van der Waals surface area contributed by atoms with E-state index < -0.39 is 35.5 Å². The van der Waals surface area contributed by atoms with E-state index in [4.69, 9.17) is 9.47 Å². The highest BCUT2D eigenvalue weighted by Crippen LogP contribution is 2.40. The number of aliphatic hydroxyl groups is 2. The quantitative estimate of drug-likeness (QED) is 0.0738. The minimum absolute atomic E-state index is 0.0748. The average molecular weight is 660 g/mol. The maximum absolute atomic E-state index is 13.0. The topological polar surface area (TPSA) is 88.0 Å². The molecule has 3 rings (SSSR count). The highest BCUT2D eigenvalue weighted by atomic mass is 16.6. The fourth-order valence-electron chi connectivity index (χ4n) is 6.30. The van der Waals surface area contributed by atoms with Gasteiger partial charge >= 0.3 is 6.09 Å². The fraction of sp³-hybridized carbons (Fsp3) is 0.548. The smallest absolute Gasteiger partial charge is 0.408 e. The summed E-state index contributed by atoms with van der Waals surface area (Å²) in [7, 11) is 0. The van der Waals surface area contributed by atoms with Crippen molar-refractivity contribution in [1.82, 2.24) is 5.32 Å². The number of ether oxygens (including phenoxy) is 2. The molecule has 264 valence electrons. The van der Waals surface area contributed by atoms with Crippen LogP contribution in [0.15, 0.2) is 91.0 Å². The molecule has 3 aromatic carbocycles. The molecule has 48 heavy (non-hydrogen) atoms. The normalized spacial score (nSPS) is 13.9. The van der Waals surface area contributed by atoms with Gasteiger partial charge in [0.25, 0.3) is 0 Å². The van der Waals surface area contributed by atoms with E-state index >= 15 is 0 Å². The maximum atomic E-state index is 13.0. The van der Waals surface area contributed by atoms with Crippen LogP contribution in [-0.2, 0) is 15.1 Å². The van der Waals surface area contributed by atoms with E-state index in [1.165, 1.54) is 57.8 Å². The molecule has 0 spiro atoms. The first-order chi connectivity index (χ1) is 23.2. The summed E-state index contributed by atoms with van der Waals surface area (Å²) in [6.45, 7) is 7.56. The molecule has 6 nitrogen and oxygen atoms in total. The van der Waals surface area contributed by atoms with E-state index in [9.17, 15) is 15.0 Å². The Morgan fingerprint density at radius 1 is 0.646 bits per heavy atom. The Bertz CT molecular complexity index is 1160. The molecule has 0 aliphatic heterocycles. The van der Waals surface area contributed by atoms with Crippen molar-refractivity contribution in [3.8, 4) is 0 Å². The number of carbonyl (C=O) groups is 1. The average Bonchev–Trinajstić information content (AvgIpc) is 3.08. The van der Waals surface area contributed by atoms with Crippen LogP contribution < -0.4 is 5.32 Å². The summed E-state index contributed by atoms with van der Waals surface area (Å²) in [5.74, 6) is 0. The van der Waals surface area contributed by atoms with Gasteiger partial charge in [-0.2, -0.15) is 0 Å². The number of rotatable bonds is 22. The summed E-state index contributed by atoms with van der Waals surface area (Å²) in [4.78, 5) is 13.0. The maximum Gasteiger partial charge on any atom is 0.408 e. The van der Waals surface area contributed by atoms with Crippen molar-refractivity contribution in [1.29, 1.82) is 0 Å². The predicted molar refractivity (Wildman–Crippen MR) is 196 cm³/mol. The first kappa shape index (κ1) is 39.3. The zero-order valence-electron chi connectivity index (χ0n) is 29.9. The van der Waals surface area contributed by atoms with Gasteiger partial charge in [0.05, 0.1) is 18.8 Å². The summed E-state index contributed by atoms with van der Waals surface area (Å²) in [6, 6.07) is 29.0. The number of unbranched alkanes of at least 4 members (excludes halogenated alkanes) is 11. The van der Waals surface area contributed by atoms with Crippen molar-refractivity contribution >= 4 is 6.09 Å². The van der Waals surface area contributed by atoms with Gasteiger partial charge in [0.2, 0.25) is 0 Å². The molecule has 0 aromatic heterocycles. The molecule has 3 aromatic rings. The summed E-state index contributed by atoms with van der Waals surface area (Å²) in [5, 5.41) is 25.5. The third kappa shape index (κ3) is 13.0. The van der Waals surface area contributed by atoms with Gasteiger partial charge in [0.15, 0.2) is 0 Å². The highest BCUT2D eigenvalue weighted by molar-refractivity contribution is 5.68. The van der Waals surface area contributed by atoms with Crippen LogP contribution in [-0.4, -0.2) is 46.8 Å². The van der Waals surface area contributed by atoms with E-state index in [2.05, 4.69) is 12.2 Å². The van der Waals surface area contributed by atoms with Crippen LogP contribution in [0, 0.1) is 0 Å². The lowest BCUT2D eigenvalue weighted by Crippen LogP contribution is -2.53. The van der Waals surface area contributed by atoms with Crippen LogP contribution in [0.5, 0.6) is 0 Å². The van der Waals surface area contributed by atoms with Crippen LogP contribution in [0.2, 0.25) is 0 Å². The van der Waals surface area contributed by atoms with E-state index in [1.54, 1.807) is 20.8 Å². The third-order valence-corrected chi connectivity index (χ3v) is 8.88. The minimum atomic E-state index is -1.26. The molecule has 3 atom stereocenters. The van der Waals surface area contributed by atoms with Crippen molar-refractivity contribution in [2.45, 2.75) is 141 Å². The number of amides is 1. The van der Waals surface area contributed by atoms with Gasteiger partial charge < -0.3 is 25.0 Å². The second kappa shape index (κ2) is 21.0. The molecule has 0 radical (unpaired) electrons. The summed E-state index contributed by atoms with van der Waals surface area (Å²) >= 11 is 0. The number of alkyl carbamates (subject to hydrolysis) is 1. The Balaban J connectivity index is 1.71. The van der Waals surface area contributed by atoms with Crippen LogP contribution in [0.1, 0.15) is 128 Å². The van der Waals surface area contributed by atoms with Crippen molar-refractivity contribution in [2.24, 2.45) is 0 Å². The Kier molecular flexibility index (Phi) is 17.2. The molecule has 6 heteroatoms. The second-order valence-corrected chi connectivity index (χ2v) is 14.1. The van der Waals surface area contributed by atoms with Gasteiger partial charge in [0.1, 0.15) is 17.3 Å². The van der Waals surface area contributed by atoms with Gasteiger partial charge in [0, 0.05) is 0 Å². The Morgan fingerprint density at radius 3 is 1.44 bits per heavy atom. The number of hydrogen-bond donors (Lipinski definition) is 3. The molecule has 0 heterocycles. The van der Waals surface area contributed by atoms with Crippen LogP contribution >= 0.6 is 0 Å². The highest BCUT2D eigenvalue weighted by Gasteiger charge is 2.40. The fourth-order valence-corrected chi connectivity index (χ4v) is 6.30. The zero-order valence-corrected chi connectivity index (χ0v) is 29.9. The van der Waals surface area contributed by atoms with Crippen molar-refractivity contribution in [3.05, 3.63) is 108 Å². The lowest BCUT2D eigenvalue weighted by molar-refractivity contribution is -0.0601. The number of aliphatic hydroxyl groups excluding tert-OH is 2. The van der Waals surface area contributed by atoms with Gasteiger partial charge in [-0.15, -0.1) is 0 Å². The van der Waals surface area contributed by atoms with Crippen molar-refractivity contribution in [3.63, 3.8) is 0 Å². The Hall–Kier alpha value is -3.19. The molecular weight excluding hydrogens is 598 g/mol. The molecule has 0 fully saturated rings. The molecule has 0 unspecified atom stereocenters. The van der Waals surface area contributed by atoms with E-state index in [0.717, 1.165) is 36.0 Å². The van der Waals surface area contributed by atoms with Crippen molar-refractivity contribution in [2.75, 3.05) is 6.61 Å². The molecule has 3 N–H and O–H groups in total. The standard InChI is InChI=1S/C42H61NO5/c1-5-6-7-8-9-10-11-12-13-14-15-25-32-38(44)39(45)37(43-40(46)48-41(2,3)4)33-47-42(34-26-19-16-20-27-34,35-28-21-17-22-29-35)36-30-23-18-24-31-36/h16-24,26-31,37-39,44-45H,5-15,25,32-33H2,1-4H3,(H,43,46)/t37-,38+,39-/m0/s1. The van der Waals surface area contributed by atoms with Gasteiger partial charge in [-0.05, 0) is 43.9 Å². The first-order valence-electron chi connectivity index (χ1n) is 18.3. The monoisotopic (exact) mass is 659 g/mol.